The van der Waals surface area contributed by atoms with Crippen molar-refractivity contribution >= 4 is 11.9 Å². The lowest BCUT2D eigenvalue weighted by Gasteiger charge is -2.22. The van der Waals surface area contributed by atoms with Crippen molar-refractivity contribution in [3.05, 3.63) is 25.3 Å². The van der Waals surface area contributed by atoms with Crippen LogP contribution in [-0.4, -0.2) is 47.6 Å². The molecule has 102 valence electrons. The number of hydrogen-bond donors (Lipinski definition) is 2. The number of nitrogens with zero attached hydrogens (tertiary/aromatic N) is 1. The van der Waals surface area contributed by atoms with E-state index in [1.807, 2.05) is 4.90 Å². The molecule has 5 nitrogen and oxygen atoms in total. The standard InChI is InChI=1S/C13H22N2O3/c1-5-7-15(8-6-2)9-11(16)14-12(10(3)4)13(17)18/h5-6,10,12H,1-2,7-9H2,3-4H3,(H,14,16)(H,17,18). The van der Waals surface area contributed by atoms with Gasteiger partial charge in [-0.1, -0.05) is 26.0 Å². The number of carboxylic acids is 1. The molecule has 18 heavy (non-hydrogen) atoms. The quantitative estimate of drug-likeness (QED) is 0.599. The molecule has 0 aromatic heterocycles. The number of aliphatic carboxylic acids is 1. The van der Waals surface area contributed by atoms with E-state index in [9.17, 15) is 9.59 Å². The van der Waals surface area contributed by atoms with Gasteiger partial charge in [0.05, 0.1) is 6.54 Å². The molecule has 0 aromatic rings. The van der Waals surface area contributed by atoms with Crippen molar-refractivity contribution in [2.24, 2.45) is 5.92 Å². The van der Waals surface area contributed by atoms with Crippen molar-refractivity contribution in [1.29, 1.82) is 0 Å². The number of carbonyl (C=O) groups is 2. The van der Waals surface area contributed by atoms with Gasteiger partial charge in [0.2, 0.25) is 5.91 Å². The molecule has 0 aliphatic rings. The third kappa shape index (κ3) is 6.20. The summed E-state index contributed by atoms with van der Waals surface area (Å²) in [5, 5.41) is 11.5. The van der Waals surface area contributed by atoms with Gasteiger partial charge in [-0.25, -0.2) is 4.79 Å². The minimum absolute atomic E-state index is 0.133. The van der Waals surface area contributed by atoms with E-state index in [1.165, 1.54) is 0 Å². The minimum atomic E-state index is -1.02. The third-order valence-corrected chi connectivity index (χ3v) is 2.39. The maximum atomic E-state index is 11.7. The first-order valence-corrected chi connectivity index (χ1v) is 5.88. The fourth-order valence-corrected chi connectivity index (χ4v) is 1.50. The van der Waals surface area contributed by atoms with Gasteiger partial charge in [-0.05, 0) is 5.92 Å². The molecule has 0 saturated heterocycles. The summed E-state index contributed by atoms with van der Waals surface area (Å²) in [4.78, 5) is 24.5. The van der Waals surface area contributed by atoms with Crippen molar-refractivity contribution in [2.45, 2.75) is 19.9 Å². The summed E-state index contributed by atoms with van der Waals surface area (Å²) in [5.41, 5.74) is 0. The minimum Gasteiger partial charge on any atom is -0.480 e. The van der Waals surface area contributed by atoms with Crippen LogP contribution in [0.25, 0.3) is 0 Å². The zero-order valence-electron chi connectivity index (χ0n) is 11.1. The Kier molecular flexibility index (Phi) is 7.71. The van der Waals surface area contributed by atoms with Crippen LogP contribution in [0.4, 0.5) is 0 Å². The molecular formula is C13H22N2O3. The summed E-state index contributed by atoms with van der Waals surface area (Å²) >= 11 is 0. The first-order valence-electron chi connectivity index (χ1n) is 5.88. The van der Waals surface area contributed by atoms with Crippen LogP contribution in [0.3, 0.4) is 0 Å². The number of nitrogens with one attached hydrogen (secondary N) is 1. The summed E-state index contributed by atoms with van der Waals surface area (Å²) in [7, 11) is 0. The van der Waals surface area contributed by atoms with Crippen LogP contribution in [0.5, 0.6) is 0 Å². The number of carbonyl (C=O) groups excluding carboxylic acids is 1. The molecule has 0 bridgehead atoms. The van der Waals surface area contributed by atoms with Crippen LogP contribution in [0.2, 0.25) is 0 Å². The van der Waals surface area contributed by atoms with E-state index in [1.54, 1.807) is 26.0 Å². The molecule has 0 aliphatic heterocycles. The number of rotatable bonds is 9. The van der Waals surface area contributed by atoms with Gasteiger partial charge < -0.3 is 10.4 Å². The van der Waals surface area contributed by atoms with Crippen LogP contribution >= 0.6 is 0 Å². The van der Waals surface area contributed by atoms with E-state index in [2.05, 4.69) is 18.5 Å². The molecule has 0 aliphatic carbocycles. The molecule has 0 fully saturated rings. The van der Waals surface area contributed by atoms with Crippen molar-refractivity contribution < 1.29 is 14.7 Å². The Morgan fingerprint density at radius 2 is 1.78 bits per heavy atom. The molecular weight excluding hydrogens is 232 g/mol. The van der Waals surface area contributed by atoms with Crippen molar-refractivity contribution in [3.8, 4) is 0 Å². The smallest absolute Gasteiger partial charge is 0.326 e. The topological polar surface area (TPSA) is 69.6 Å². The van der Waals surface area contributed by atoms with Gasteiger partial charge >= 0.3 is 5.97 Å². The Morgan fingerprint density at radius 3 is 2.11 bits per heavy atom. The highest BCUT2D eigenvalue weighted by Crippen LogP contribution is 2.01. The highest BCUT2D eigenvalue weighted by molar-refractivity contribution is 5.84. The van der Waals surface area contributed by atoms with Gasteiger partial charge in [-0.3, -0.25) is 9.69 Å². The normalized spacial score (nSPS) is 12.2. The van der Waals surface area contributed by atoms with E-state index >= 15 is 0 Å². The summed E-state index contributed by atoms with van der Waals surface area (Å²) in [6.45, 7) is 12.0. The van der Waals surface area contributed by atoms with E-state index < -0.39 is 12.0 Å². The fourth-order valence-electron chi connectivity index (χ4n) is 1.50. The molecule has 1 amide bonds. The molecule has 0 rings (SSSR count). The molecule has 1 atom stereocenters. The van der Waals surface area contributed by atoms with Crippen LogP contribution in [-0.2, 0) is 9.59 Å². The molecule has 0 heterocycles. The third-order valence-electron chi connectivity index (χ3n) is 2.39. The first kappa shape index (κ1) is 16.4. The van der Waals surface area contributed by atoms with Crippen LogP contribution in [0.15, 0.2) is 25.3 Å². The predicted molar refractivity (Wildman–Crippen MR) is 71.2 cm³/mol. The number of amides is 1. The lowest BCUT2D eigenvalue weighted by Crippen LogP contribution is -2.48. The van der Waals surface area contributed by atoms with Gasteiger partial charge in [0.1, 0.15) is 6.04 Å². The second kappa shape index (κ2) is 8.47. The highest BCUT2D eigenvalue weighted by Gasteiger charge is 2.23. The van der Waals surface area contributed by atoms with Crippen molar-refractivity contribution in [3.63, 3.8) is 0 Å². The maximum Gasteiger partial charge on any atom is 0.326 e. The lowest BCUT2D eigenvalue weighted by atomic mass is 10.0. The molecule has 0 spiro atoms. The zero-order valence-corrected chi connectivity index (χ0v) is 11.1. The van der Waals surface area contributed by atoms with Gasteiger partial charge in [-0.2, -0.15) is 0 Å². The molecule has 0 aromatic carbocycles. The Hall–Kier alpha value is -1.62. The Morgan fingerprint density at radius 1 is 1.28 bits per heavy atom. The van der Waals surface area contributed by atoms with Gasteiger partial charge in [0, 0.05) is 13.1 Å². The largest absolute Gasteiger partial charge is 0.480 e. The fraction of sp³-hybridized carbons (Fsp3) is 0.538. The molecule has 0 radical (unpaired) electrons. The van der Waals surface area contributed by atoms with E-state index in [-0.39, 0.29) is 18.4 Å². The second-order valence-electron chi connectivity index (χ2n) is 4.40. The molecule has 2 N–H and O–H groups in total. The lowest BCUT2D eigenvalue weighted by molar-refractivity contribution is -0.143. The molecule has 1 unspecified atom stereocenters. The molecule has 0 saturated carbocycles. The van der Waals surface area contributed by atoms with Crippen LogP contribution < -0.4 is 5.32 Å². The Labute approximate surface area is 108 Å². The zero-order chi connectivity index (χ0) is 14.1. The monoisotopic (exact) mass is 254 g/mol. The van der Waals surface area contributed by atoms with Crippen molar-refractivity contribution in [2.75, 3.05) is 19.6 Å². The van der Waals surface area contributed by atoms with Crippen LogP contribution in [0, 0.1) is 5.92 Å². The van der Waals surface area contributed by atoms with E-state index in [4.69, 9.17) is 5.11 Å². The first-order chi connectivity index (χ1) is 8.42. The predicted octanol–water partition coefficient (Wildman–Crippen LogP) is 0.886. The summed E-state index contributed by atoms with van der Waals surface area (Å²) in [6.07, 6.45) is 3.38. The summed E-state index contributed by atoms with van der Waals surface area (Å²) in [5.74, 6) is -1.48. The Balaban J connectivity index is 4.41. The summed E-state index contributed by atoms with van der Waals surface area (Å²) in [6, 6.07) is -0.855. The van der Waals surface area contributed by atoms with Crippen LogP contribution in [0.1, 0.15) is 13.8 Å². The second-order valence-corrected chi connectivity index (χ2v) is 4.40. The highest BCUT2D eigenvalue weighted by atomic mass is 16.4. The average Bonchev–Trinajstić information content (AvgIpc) is 2.25. The SMILES string of the molecule is C=CCN(CC=C)CC(=O)NC(C(=O)O)C(C)C. The summed E-state index contributed by atoms with van der Waals surface area (Å²) < 4.78 is 0. The molecule has 5 heteroatoms. The number of carboxylic acid groups (broad SMARTS) is 1. The van der Waals surface area contributed by atoms with Gasteiger partial charge in [-0.15, -0.1) is 13.2 Å². The van der Waals surface area contributed by atoms with Crippen molar-refractivity contribution in [1.82, 2.24) is 10.2 Å². The van der Waals surface area contributed by atoms with E-state index in [0.29, 0.717) is 13.1 Å². The average molecular weight is 254 g/mol. The van der Waals surface area contributed by atoms with Gasteiger partial charge in [0.15, 0.2) is 0 Å². The maximum absolute atomic E-state index is 11.7. The van der Waals surface area contributed by atoms with Gasteiger partial charge in [0.25, 0.3) is 0 Å². The van der Waals surface area contributed by atoms with E-state index in [0.717, 1.165) is 0 Å². The Bertz CT molecular complexity index is 303. The number of hydrogen-bond acceptors (Lipinski definition) is 3.